The van der Waals surface area contributed by atoms with Crippen molar-refractivity contribution >= 4 is 66.5 Å². The van der Waals surface area contributed by atoms with Crippen LogP contribution in [-0.2, 0) is 21.3 Å². The Kier molecular flexibility index (Phi) is 11.9. The van der Waals surface area contributed by atoms with Gasteiger partial charge in [0.05, 0.1) is 45.8 Å². The largest absolute Gasteiger partial charge is 0.378 e. The van der Waals surface area contributed by atoms with E-state index in [1.165, 1.54) is 28.8 Å². The zero-order valence-electron chi connectivity index (χ0n) is 37.1. The molecule has 3 fully saturated rings. The molecule has 4 aliphatic rings. The minimum atomic E-state index is -4.56. The number of sulfonamides is 1. The van der Waals surface area contributed by atoms with E-state index in [0.29, 0.717) is 40.5 Å². The van der Waals surface area contributed by atoms with E-state index in [0.717, 1.165) is 114 Å². The van der Waals surface area contributed by atoms with Crippen molar-refractivity contribution < 1.29 is 22.9 Å². The van der Waals surface area contributed by atoms with Gasteiger partial charge in [-0.3, -0.25) is 39.4 Å². The monoisotopic (exact) mass is 932 g/mol. The number of benzene rings is 3. The van der Waals surface area contributed by atoms with E-state index >= 15 is 0 Å². The predicted octanol–water partition coefficient (Wildman–Crippen LogP) is 6.88. The van der Waals surface area contributed by atoms with Gasteiger partial charge in [0.25, 0.3) is 21.6 Å². The number of nitro groups is 1. The van der Waals surface area contributed by atoms with Crippen LogP contribution < -0.4 is 9.62 Å². The standard InChI is InChI=1S/C48H53ClN10O6S/c1-48(2)13-11-34(41(26-48)32-3-6-36(49)7-4-32)28-54-15-19-56(20-16-54)37-8-10-40(44(24-37)58-45-23-33-12-14-50-46(33)52-42(45)27-51-58)47(60)53-66(63,64)39-9-5-35(43(25-39)59(61)62)29-55-17-21-57(22-18-55)38-30-65-31-38/h3-10,12,14,23-25,27,38,51H,11,13,15-22,26,28-31H2,1-2H3,(H,53,60). The van der Waals surface area contributed by atoms with Gasteiger partial charge in [-0.15, -0.1) is 0 Å². The lowest BCUT2D eigenvalue weighted by Gasteiger charge is -2.42. The third kappa shape index (κ3) is 9.07. The number of fused-ring (bicyclic) bond motifs is 2. The lowest BCUT2D eigenvalue weighted by molar-refractivity contribution is -0.386. The molecule has 6 heterocycles. The molecule has 3 aromatic carbocycles. The highest BCUT2D eigenvalue weighted by Crippen LogP contribution is 2.43. The molecular formula is C48H53ClN10O6S. The summed E-state index contributed by atoms with van der Waals surface area (Å²) >= 11 is 6.27. The number of nitrogens with one attached hydrogen (secondary N) is 2. The number of carbonyl (C=O) groups excluding carboxylic acids is 1. The number of piperazine rings is 2. The van der Waals surface area contributed by atoms with E-state index in [1.54, 1.807) is 23.1 Å². The van der Waals surface area contributed by atoms with E-state index in [-0.39, 0.29) is 21.6 Å². The molecule has 3 saturated heterocycles. The molecule has 18 heteroatoms. The zero-order chi connectivity index (χ0) is 45.7. The van der Waals surface area contributed by atoms with Gasteiger partial charge in [-0.25, -0.2) is 23.1 Å². The van der Waals surface area contributed by atoms with Gasteiger partial charge in [-0.1, -0.05) is 43.2 Å². The fraction of sp³-hybridized carbons (Fsp3) is 0.396. The predicted molar refractivity (Wildman–Crippen MR) is 255 cm³/mol. The molecule has 0 unspecified atom stereocenters. The molecule has 10 rings (SSSR count). The lowest BCUT2D eigenvalue weighted by atomic mass is 9.72. The Bertz CT molecular complexity index is 2970. The van der Waals surface area contributed by atoms with Crippen LogP contribution in [0.4, 0.5) is 11.4 Å². The first-order chi connectivity index (χ1) is 31.8. The van der Waals surface area contributed by atoms with Gasteiger partial charge in [0.1, 0.15) is 5.52 Å². The fourth-order valence-corrected chi connectivity index (χ4v) is 10.9. The average molecular weight is 934 g/mol. The van der Waals surface area contributed by atoms with Crippen molar-refractivity contribution in [2.75, 3.05) is 77.0 Å². The first-order valence-corrected chi connectivity index (χ1v) is 24.4. The molecule has 3 aliphatic heterocycles. The molecule has 0 bridgehead atoms. The van der Waals surface area contributed by atoms with Crippen LogP contribution in [-0.4, -0.2) is 132 Å². The number of halogens is 1. The lowest BCUT2D eigenvalue weighted by Crippen LogP contribution is -2.56. The van der Waals surface area contributed by atoms with Crippen LogP contribution in [0.5, 0.6) is 0 Å². The highest BCUT2D eigenvalue weighted by atomic mass is 35.5. The topological polar surface area (TPSA) is 175 Å². The Hall–Kier alpha value is -5.69. The Morgan fingerprint density at radius 3 is 2.41 bits per heavy atom. The summed E-state index contributed by atoms with van der Waals surface area (Å²) in [6, 6.07) is 21.6. The zero-order valence-corrected chi connectivity index (χ0v) is 38.7. The number of hydrogen-bond acceptors (Lipinski definition) is 12. The summed E-state index contributed by atoms with van der Waals surface area (Å²) in [7, 11) is -4.56. The molecule has 2 N–H and O–H groups in total. The van der Waals surface area contributed by atoms with E-state index in [4.69, 9.17) is 21.3 Å². The van der Waals surface area contributed by atoms with Crippen molar-refractivity contribution in [2.45, 2.75) is 50.6 Å². The average Bonchev–Trinajstić information content (AvgIpc) is 3.93. The molecule has 0 spiro atoms. The number of nitrogens with zero attached hydrogens (tertiary/aromatic N) is 8. The number of hydrogen-bond donors (Lipinski definition) is 2. The minimum Gasteiger partial charge on any atom is -0.378 e. The Morgan fingerprint density at radius 1 is 0.939 bits per heavy atom. The van der Waals surface area contributed by atoms with E-state index in [9.17, 15) is 23.3 Å². The summed E-state index contributed by atoms with van der Waals surface area (Å²) < 4.78 is 37.2. The highest BCUT2D eigenvalue weighted by Gasteiger charge is 2.32. The molecule has 1 aliphatic carbocycles. The van der Waals surface area contributed by atoms with Gasteiger partial charge in [-0.2, -0.15) is 0 Å². The number of allylic oxidation sites excluding steroid dienone is 1. The molecule has 3 aromatic heterocycles. The number of carbonyl (C=O) groups is 1. The number of rotatable bonds is 12. The maximum Gasteiger partial charge on any atom is 0.275 e. The van der Waals surface area contributed by atoms with Crippen LogP contribution in [0.3, 0.4) is 0 Å². The van der Waals surface area contributed by atoms with Crippen molar-refractivity contribution in [3.63, 3.8) is 0 Å². The second-order valence-electron chi connectivity index (χ2n) is 18.7. The summed E-state index contributed by atoms with van der Waals surface area (Å²) in [5, 5.41) is 17.1. The Labute approximate surface area is 388 Å². The first kappa shape index (κ1) is 44.2. The van der Waals surface area contributed by atoms with Crippen LogP contribution >= 0.6 is 11.6 Å². The quantitative estimate of drug-likeness (QED) is 0.0963. The van der Waals surface area contributed by atoms with Crippen LogP contribution in [0.1, 0.15) is 54.6 Å². The van der Waals surface area contributed by atoms with E-state index in [2.05, 4.69) is 60.4 Å². The number of pyridine rings is 1. The first-order valence-electron chi connectivity index (χ1n) is 22.6. The number of nitro benzene ring substituents is 1. The van der Waals surface area contributed by atoms with Crippen molar-refractivity contribution in [2.24, 2.45) is 5.41 Å². The Balaban J connectivity index is 0.895. The van der Waals surface area contributed by atoms with Gasteiger partial charge in [0.15, 0.2) is 5.65 Å². The summed E-state index contributed by atoms with van der Waals surface area (Å²) in [6.07, 6.45) is 6.61. The molecule has 0 saturated carbocycles. The van der Waals surface area contributed by atoms with Gasteiger partial charge >= 0.3 is 0 Å². The molecule has 6 aromatic rings. The van der Waals surface area contributed by atoms with Crippen molar-refractivity contribution in [3.05, 3.63) is 123 Å². The molecule has 0 radical (unpaired) electrons. The maximum absolute atomic E-state index is 14.3. The van der Waals surface area contributed by atoms with Crippen LogP contribution in [0.15, 0.2) is 95.7 Å². The molecule has 0 atom stereocenters. The van der Waals surface area contributed by atoms with Crippen molar-refractivity contribution in [3.8, 4) is 5.69 Å². The van der Waals surface area contributed by atoms with Gasteiger partial charge < -0.3 is 9.64 Å². The minimum absolute atomic E-state index is 0.0797. The smallest absolute Gasteiger partial charge is 0.275 e. The highest BCUT2D eigenvalue weighted by molar-refractivity contribution is 7.90. The van der Waals surface area contributed by atoms with Crippen molar-refractivity contribution in [1.29, 1.82) is 0 Å². The third-order valence-corrected chi connectivity index (χ3v) is 15.4. The summed E-state index contributed by atoms with van der Waals surface area (Å²) in [5.41, 5.74) is 7.66. The van der Waals surface area contributed by atoms with Gasteiger partial charge in [0.2, 0.25) is 0 Å². The second kappa shape index (κ2) is 17.8. The number of ether oxygens (including phenoxy) is 1. The normalized spacial score (nSPS) is 19.1. The second-order valence-corrected chi connectivity index (χ2v) is 20.9. The Morgan fingerprint density at radius 2 is 1.68 bits per heavy atom. The summed E-state index contributed by atoms with van der Waals surface area (Å²) in [4.78, 5) is 44.0. The number of aromatic amines is 1. The van der Waals surface area contributed by atoms with Crippen molar-refractivity contribution in [1.82, 2.24) is 39.2 Å². The number of amides is 1. The molecule has 344 valence electrons. The summed E-state index contributed by atoms with van der Waals surface area (Å²) in [6.45, 7) is 13.6. The maximum atomic E-state index is 14.3. The van der Waals surface area contributed by atoms with E-state index in [1.807, 2.05) is 36.4 Å². The fourth-order valence-electron chi connectivity index (χ4n) is 9.82. The number of anilines is 1. The number of aromatic nitrogens is 4. The summed E-state index contributed by atoms with van der Waals surface area (Å²) in [5.74, 6) is -0.887. The van der Waals surface area contributed by atoms with Crippen LogP contribution in [0.2, 0.25) is 5.02 Å². The van der Waals surface area contributed by atoms with Gasteiger partial charge in [-0.05, 0) is 90.4 Å². The van der Waals surface area contributed by atoms with Crippen LogP contribution in [0.25, 0.3) is 33.3 Å². The van der Waals surface area contributed by atoms with Crippen LogP contribution in [0, 0.1) is 15.5 Å². The molecule has 66 heavy (non-hydrogen) atoms. The van der Waals surface area contributed by atoms with E-state index < -0.39 is 20.9 Å². The third-order valence-electron chi connectivity index (χ3n) is 13.8. The SMILES string of the molecule is CC1(C)CCC(CN2CCN(c3ccc(C(=O)NS(=O)(=O)c4ccc(CN5CCN(C6COC6)CC5)c([N+](=O)[O-])c4)c(-n4[nH]cc5nc6nccc6cc54)c3)CC2)=C(c2ccc(Cl)cc2)C1. The van der Waals surface area contributed by atoms with Gasteiger partial charge in [0, 0.05) is 106 Å². The molecular weight excluding hydrogens is 880 g/mol. The molecule has 1 amide bonds. The molecule has 16 nitrogen and oxygen atoms in total. The number of H-pyrrole nitrogens is 1.